The lowest BCUT2D eigenvalue weighted by atomic mass is 10.3. The highest BCUT2D eigenvalue weighted by Gasteiger charge is 2.15. The van der Waals surface area contributed by atoms with Crippen LogP contribution in [-0.4, -0.2) is 15.6 Å². The van der Waals surface area contributed by atoms with Crippen molar-refractivity contribution in [2.45, 2.75) is 46.3 Å². The number of hydrogen-bond donors (Lipinski definition) is 1. The molecule has 2 aromatic rings. The fourth-order valence-electron chi connectivity index (χ4n) is 2.13. The van der Waals surface area contributed by atoms with Crippen LogP contribution in [0.25, 0.3) is 11.0 Å². The van der Waals surface area contributed by atoms with E-state index in [1.54, 1.807) is 0 Å². The van der Waals surface area contributed by atoms with Crippen molar-refractivity contribution in [1.82, 2.24) is 14.9 Å². The van der Waals surface area contributed by atoms with E-state index < -0.39 is 0 Å². The highest BCUT2D eigenvalue weighted by atomic mass is 35.5. The Labute approximate surface area is 113 Å². The Bertz CT molecular complexity index is 543. The molecule has 0 saturated carbocycles. The van der Waals surface area contributed by atoms with Crippen LogP contribution in [0.2, 0.25) is 5.02 Å². The number of halogens is 1. The van der Waals surface area contributed by atoms with Crippen molar-refractivity contribution in [3.8, 4) is 0 Å². The average molecular weight is 266 g/mol. The fraction of sp³-hybridized carbons (Fsp3) is 0.500. The minimum atomic E-state index is 0.346. The van der Waals surface area contributed by atoms with Gasteiger partial charge in [0.1, 0.15) is 5.82 Å². The standard InChI is InChI=1S/C14H20ClN3/c1-9(2)16-8-13-17-12-7-5-6-11(15)14(12)18(13)10(3)4/h5-7,9-10,16H,8H2,1-4H3. The first-order chi connectivity index (χ1) is 8.50. The van der Waals surface area contributed by atoms with Gasteiger partial charge in [-0.3, -0.25) is 0 Å². The Balaban J connectivity index is 2.52. The minimum absolute atomic E-state index is 0.346. The number of benzene rings is 1. The molecule has 0 spiro atoms. The van der Waals surface area contributed by atoms with Gasteiger partial charge in [-0.25, -0.2) is 4.98 Å². The van der Waals surface area contributed by atoms with E-state index in [0.29, 0.717) is 12.1 Å². The van der Waals surface area contributed by atoms with E-state index in [1.807, 2.05) is 18.2 Å². The third-order valence-electron chi connectivity index (χ3n) is 2.92. The van der Waals surface area contributed by atoms with Crippen LogP contribution in [0.1, 0.15) is 39.6 Å². The topological polar surface area (TPSA) is 29.9 Å². The molecule has 0 unspecified atom stereocenters. The molecule has 4 heteroatoms. The van der Waals surface area contributed by atoms with Gasteiger partial charge in [-0.1, -0.05) is 31.5 Å². The summed E-state index contributed by atoms with van der Waals surface area (Å²) in [7, 11) is 0. The van der Waals surface area contributed by atoms with E-state index >= 15 is 0 Å². The van der Waals surface area contributed by atoms with Crippen molar-refractivity contribution < 1.29 is 0 Å². The van der Waals surface area contributed by atoms with Crippen LogP contribution in [0.3, 0.4) is 0 Å². The molecule has 2 rings (SSSR count). The number of imidazole rings is 1. The summed E-state index contributed by atoms with van der Waals surface area (Å²) in [6.07, 6.45) is 0. The molecule has 1 aromatic carbocycles. The molecule has 0 fully saturated rings. The van der Waals surface area contributed by atoms with Crippen molar-refractivity contribution in [2.75, 3.05) is 0 Å². The van der Waals surface area contributed by atoms with E-state index in [9.17, 15) is 0 Å². The zero-order valence-corrected chi connectivity index (χ0v) is 12.1. The SMILES string of the molecule is CC(C)NCc1nc2cccc(Cl)c2n1C(C)C. The molecule has 0 amide bonds. The van der Waals surface area contributed by atoms with Crippen LogP contribution in [0.15, 0.2) is 18.2 Å². The molecule has 1 heterocycles. The molecule has 0 bridgehead atoms. The number of aromatic nitrogens is 2. The molecule has 18 heavy (non-hydrogen) atoms. The predicted molar refractivity (Wildman–Crippen MR) is 77.1 cm³/mol. The van der Waals surface area contributed by atoms with E-state index in [2.05, 4.69) is 42.6 Å². The van der Waals surface area contributed by atoms with Crippen molar-refractivity contribution in [2.24, 2.45) is 0 Å². The molecule has 0 aliphatic rings. The van der Waals surface area contributed by atoms with Gasteiger partial charge in [0.25, 0.3) is 0 Å². The number of rotatable bonds is 4. The number of para-hydroxylation sites is 1. The minimum Gasteiger partial charge on any atom is -0.323 e. The number of nitrogens with zero attached hydrogens (tertiary/aromatic N) is 2. The number of fused-ring (bicyclic) bond motifs is 1. The van der Waals surface area contributed by atoms with Gasteiger partial charge in [0.2, 0.25) is 0 Å². The van der Waals surface area contributed by atoms with Crippen LogP contribution in [0.5, 0.6) is 0 Å². The molecule has 0 aliphatic heterocycles. The Morgan fingerprint density at radius 2 is 2.00 bits per heavy atom. The maximum atomic E-state index is 6.30. The van der Waals surface area contributed by atoms with E-state index in [-0.39, 0.29) is 0 Å². The lowest BCUT2D eigenvalue weighted by molar-refractivity contribution is 0.524. The van der Waals surface area contributed by atoms with Crippen molar-refractivity contribution in [1.29, 1.82) is 0 Å². The second-order valence-electron chi connectivity index (χ2n) is 5.13. The van der Waals surface area contributed by atoms with Gasteiger partial charge >= 0.3 is 0 Å². The molecule has 0 atom stereocenters. The normalized spacial score (nSPS) is 11.9. The average Bonchev–Trinajstić information content (AvgIpc) is 2.66. The molecular formula is C14H20ClN3. The van der Waals surface area contributed by atoms with Gasteiger partial charge in [-0.15, -0.1) is 0 Å². The van der Waals surface area contributed by atoms with Gasteiger partial charge in [-0.2, -0.15) is 0 Å². The lowest BCUT2D eigenvalue weighted by Gasteiger charge is -2.15. The molecule has 0 aliphatic carbocycles. The highest BCUT2D eigenvalue weighted by molar-refractivity contribution is 6.35. The first-order valence-corrected chi connectivity index (χ1v) is 6.77. The molecule has 1 N–H and O–H groups in total. The van der Waals surface area contributed by atoms with Gasteiger partial charge in [-0.05, 0) is 26.0 Å². The third-order valence-corrected chi connectivity index (χ3v) is 3.22. The second-order valence-corrected chi connectivity index (χ2v) is 5.54. The molecule has 3 nitrogen and oxygen atoms in total. The van der Waals surface area contributed by atoms with Crippen molar-refractivity contribution in [3.63, 3.8) is 0 Å². The van der Waals surface area contributed by atoms with Gasteiger partial charge in [0, 0.05) is 12.1 Å². The van der Waals surface area contributed by atoms with Crippen LogP contribution < -0.4 is 5.32 Å². The van der Waals surface area contributed by atoms with Gasteiger partial charge in [0.05, 0.1) is 22.6 Å². The first-order valence-electron chi connectivity index (χ1n) is 6.39. The summed E-state index contributed by atoms with van der Waals surface area (Å²) < 4.78 is 2.22. The van der Waals surface area contributed by atoms with Crippen molar-refractivity contribution in [3.05, 3.63) is 29.0 Å². The summed E-state index contributed by atoms with van der Waals surface area (Å²) >= 11 is 6.30. The third kappa shape index (κ3) is 2.52. The van der Waals surface area contributed by atoms with Crippen molar-refractivity contribution >= 4 is 22.6 Å². The van der Waals surface area contributed by atoms with E-state index in [1.165, 1.54) is 0 Å². The Kier molecular flexibility index (Phi) is 3.93. The molecule has 0 radical (unpaired) electrons. The van der Waals surface area contributed by atoms with Crippen LogP contribution in [0.4, 0.5) is 0 Å². The molecule has 1 aromatic heterocycles. The summed E-state index contributed by atoms with van der Waals surface area (Å²) in [5.41, 5.74) is 2.01. The predicted octanol–water partition coefficient (Wildman–Crippen LogP) is 3.77. The maximum absolute atomic E-state index is 6.30. The number of nitrogens with one attached hydrogen (secondary N) is 1. The van der Waals surface area contributed by atoms with Crippen LogP contribution in [-0.2, 0) is 6.54 Å². The fourth-order valence-corrected chi connectivity index (χ4v) is 2.39. The Morgan fingerprint density at radius 3 is 2.61 bits per heavy atom. The smallest absolute Gasteiger partial charge is 0.124 e. The lowest BCUT2D eigenvalue weighted by Crippen LogP contribution is -2.24. The largest absolute Gasteiger partial charge is 0.323 e. The summed E-state index contributed by atoms with van der Waals surface area (Å²) in [5, 5.41) is 4.18. The van der Waals surface area contributed by atoms with Gasteiger partial charge < -0.3 is 9.88 Å². The molecular weight excluding hydrogens is 246 g/mol. The van der Waals surface area contributed by atoms with Crippen LogP contribution >= 0.6 is 11.6 Å². The zero-order valence-electron chi connectivity index (χ0n) is 11.4. The van der Waals surface area contributed by atoms with Crippen LogP contribution in [0, 0.1) is 0 Å². The summed E-state index contributed by atoms with van der Waals surface area (Å²) in [5.74, 6) is 1.04. The first kappa shape index (κ1) is 13.4. The quantitative estimate of drug-likeness (QED) is 0.912. The summed E-state index contributed by atoms with van der Waals surface area (Å²) in [6.45, 7) is 9.35. The Morgan fingerprint density at radius 1 is 1.28 bits per heavy atom. The summed E-state index contributed by atoms with van der Waals surface area (Å²) in [6, 6.07) is 6.67. The highest BCUT2D eigenvalue weighted by Crippen LogP contribution is 2.27. The Hall–Kier alpha value is -1.06. The van der Waals surface area contributed by atoms with Gasteiger partial charge in [0.15, 0.2) is 0 Å². The molecule has 98 valence electrons. The second kappa shape index (κ2) is 5.29. The van der Waals surface area contributed by atoms with E-state index in [4.69, 9.17) is 11.6 Å². The van der Waals surface area contributed by atoms with E-state index in [0.717, 1.165) is 28.4 Å². The monoisotopic (exact) mass is 265 g/mol. The summed E-state index contributed by atoms with van der Waals surface area (Å²) in [4.78, 5) is 4.68. The maximum Gasteiger partial charge on any atom is 0.124 e. The zero-order chi connectivity index (χ0) is 13.3. The molecule has 0 saturated heterocycles. The number of hydrogen-bond acceptors (Lipinski definition) is 2.